The topological polar surface area (TPSA) is 38.0 Å². The van der Waals surface area contributed by atoms with Crippen LogP contribution in [0.25, 0.3) is 0 Å². The summed E-state index contributed by atoms with van der Waals surface area (Å²) in [4.78, 5) is 0. The highest BCUT2D eigenvalue weighted by Gasteiger charge is 2.43. The van der Waals surface area contributed by atoms with Crippen LogP contribution in [0, 0.1) is 23.7 Å². The molecule has 0 bridgehead atoms. The number of hydrazine groups is 1. The Balaban J connectivity index is 1.85. The van der Waals surface area contributed by atoms with Crippen LogP contribution in [0.4, 0.5) is 13.2 Å². The molecule has 0 amide bonds. The van der Waals surface area contributed by atoms with Crippen molar-refractivity contribution in [1.29, 1.82) is 0 Å². The van der Waals surface area contributed by atoms with E-state index in [1.807, 2.05) is 0 Å². The van der Waals surface area contributed by atoms with Gasteiger partial charge in [0.15, 0.2) is 0 Å². The molecule has 2 rings (SSSR count). The van der Waals surface area contributed by atoms with Crippen molar-refractivity contribution < 1.29 is 13.2 Å². The Hall–Kier alpha value is -0.290. The fourth-order valence-electron chi connectivity index (χ4n) is 4.42. The zero-order valence-electron chi connectivity index (χ0n) is 13.0. The molecule has 21 heavy (non-hydrogen) atoms. The number of rotatable bonds is 4. The number of alkyl halides is 3. The van der Waals surface area contributed by atoms with Gasteiger partial charge in [0, 0.05) is 6.04 Å². The second-order valence-corrected chi connectivity index (χ2v) is 7.03. The Morgan fingerprint density at radius 1 is 0.952 bits per heavy atom. The Labute approximate surface area is 126 Å². The van der Waals surface area contributed by atoms with Crippen molar-refractivity contribution in [2.45, 2.75) is 76.9 Å². The van der Waals surface area contributed by atoms with E-state index in [0.717, 1.165) is 5.92 Å². The maximum atomic E-state index is 12.7. The van der Waals surface area contributed by atoms with Crippen molar-refractivity contribution in [3.8, 4) is 0 Å². The lowest BCUT2D eigenvalue weighted by Crippen LogP contribution is -2.48. The lowest BCUT2D eigenvalue weighted by Gasteiger charge is -2.40. The molecule has 5 heteroatoms. The first-order chi connectivity index (χ1) is 9.95. The molecule has 0 saturated heterocycles. The fourth-order valence-corrected chi connectivity index (χ4v) is 4.42. The van der Waals surface area contributed by atoms with Gasteiger partial charge in [-0.25, -0.2) is 0 Å². The quantitative estimate of drug-likeness (QED) is 0.596. The molecule has 2 aliphatic rings. The first-order valence-corrected chi connectivity index (χ1v) is 8.48. The summed E-state index contributed by atoms with van der Waals surface area (Å²) in [5.74, 6) is 6.35. The van der Waals surface area contributed by atoms with Gasteiger partial charge in [-0.2, -0.15) is 13.2 Å². The van der Waals surface area contributed by atoms with Gasteiger partial charge in [-0.15, -0.1) is 0 Å². The molecule has 0 radical (unpaired) electrons. The zero-order chi connectivity index (χ0) is 15.5. The second kappa shape index (κ2) is 7.32. The molecule has 0 heterocycles. The van der Waals surface area contributed by atoms with E-state index in [-0.39, 0.29) is 18.9 Å². The summed E-state index contributed by atoms with van der Waals surface area (Å²) in [5.41, 5.74) is 2.95. The van der Waals surface area contributed by atoms with Crippen molar-refractivity contribution in [3.05, 3.63) is 0 Å². The summed E-state index contributed by atoms with van der Waals surface area (Å²) < 4.78 is 38.2. The summed E-state index contributed by atoms with van der Waals surface area (Å²) in [6.07, 6.45) is 3.93. The summed E-state index contributed by atoms with van der Waals surface area (Å²) in [5, 5.41) is 0. The van der Waals surface area contributed by atoms with Crippen molar-refractivity contribution in [2.24, 2.45) is 29.5 Å². The van der Waals surface area contributed by atoms with Crippen LogP contribution < -0.4 is 11.3 Å². The van der Waals surface area contributed by atoms with E-state index in [1.165, 1.54) is 32.1 Å². The van der Waals surface area contributed by atoms with Gasteiger partial charge in [0.2, 0.25) is 0 Å². The smallest absolute Gasteiger partial charge is 0.271 e. The molecule has 2 saturated carbocycles. The van der Waals surface area contributed by atoms with E-state index >= 15 is 0 Å². The van der Waals surface area contributed by atoms with E-state index in [9.17, 15) is 13.2 Å². The van der Waals surface area contributed by atoms with E-state index in [1.54, 1.807) is 0 Å². The van der Waals surface area contributed by atoms with Crippen molar-refractivity contribution >= 4 is 0 Å². The lowest BCUT2D eigenvalue weighted by molar-refractivity contribution is -0.184. The van der Waals surface area contributed by atoms with Gasteiger partial charge >= 0.3 is 6.18 Å². The lowest BCUT2D eigenvalue weighted by atomic mass is 9.70. The molecular weight excluding hydrogens is 277 g/mol. The molecule has 2 aliphatic carbocycles. The van der Waals surface area contributed by atoms with Crippen LogP contribution in [0.3, 0.4) is 0 Å². The molecule has 1 atom stereocenters. The predicted molar refractivity (Wildman–Crippen MR) is 78.4 cm³/mol. The van der Waals surface area contributed by atoms with Gasteiger partial charge in [0.25, 0.3) is 0 Å². The molecule has 0 aromatic rings. The molecule has 0 aromatic heterocycles. The first-order valence-electron chi connectivity index (χ1n) is 8.48. The monoisotopic (exact) mass is 306 g/mol. The Bertz CT molecular complexity index is 303. The van der Waals surface area contributed by atoms with Crippen molar-refractivity contribution in [1.82, 2.24) is 5.43 Å². The largest absolute Gasteiger partial charge is 0.391 e. The van der Waals surface area contributed by atoms with Crippen molar-refractivity contribution in [2.75, 3.05) is 0 Å². The molecule has 2 fully saturated rings. The molecular formula is C16H29F3N2. The number of hydrogen-bond donors (Lipinski definition) is 2. The summed E-state index contributed by atoms with van der Waals surface area (Å²) in [6, 6.07) is 0.206. The molecule has 0 aromatic carbocycles. The summed E-state index contributed by atoms with van der Waals surface area (Å²) in [7, 11) is 0. The third-order valence-electron chi connectivity index (χ3n) is 5.91. The molecule has 124 valence electrons. The van der Waals surface area contributed by atoms with E-state index in [2.05, 4.69) is 12.3 Å². The number of hydrogen-bond acceptors (Lipinski definition) is 2. The standard InChI is InChI=1S/C16H29F3N2/c1-2-11-3-5-12(6-4-11)15(21-20)13-7-9-14(10-8-13)16(17,18)19/h11-15,21H,2-10,20H2,1H3. The van der Waals surface area contributed by atoms with Gasteiger partial charge in [0.1, 0.15) is 0 Å². The average Bonchev–Trinajstić information content (AvgIpc) is 2.48. The Morgan fingerprint density at radius 2 is 1.43 bits per heavy atom. The third kappa shape index (κ3) is 4.35. The minimum Gasteiger partial charge on any atom is -0.271 e. The maximum Gasteiger partial charge on any atom is 0.391 e. The minimum atomic E-state index is -4.02. The number of nitrogens with two attached hydrogens (primary N) is 1. The van der Waals surface area contributed by atoms with Crippen LogP contribution in [-0.2, 0) is 0 Å². The average molecular weight is 306 g/mol. The number of nitrogens with one attached hydrogen (secondary N) is 1. The van der Waals surface area contributed by atoms with Gasteiger partial charge in [-0.1, -0.05) is 26.2 Å². The molecule has 1 unspecified atom stereocenters. The predicted octanol–water partition coefficient (Wildman–Crippen LogP) is 4.40. The highest BCUT2D eigenvalue weighted by molar-refractivity contribution is 4.89. The summed E-state index contributed by atoms with van der Waals surface area (Å²) in [6.45, 7) is 2.24. The Morgan fingerprint density at radius 3 is 1.81 bits per heavy atom. The van der Waals surface area contributed by atoms with Crippen LogP contribution in [0.1, 0.15) is 64.7 Å². The summed E-state index contributed by atoms with van der Waals surface area (Å²) >= 11 is 0. The van der Waals surface area contributed by atoms with Gasteiger partial charge in [0.05, 0.1) is 5.92 Å². The van der Waals surface area contributed by atoms with Gasteiger partial charge in [-0.05, 0) is 56.3 Å². The molecule has 2 nitrogen and oxygen atoms in total. The van der Waals surface area contributed by atoms with E-state index in [4.69, 9.17) is 5.84 Å². The normalized spacial score (nSPS) is 36.4. The molecule has 3 N–H and O–H groups in total. The maximum absolute atomic E-state index is 12.7. The van der Waals surface area contributed by atoms with Gasteiger partial charge in [-0.3, -0.25) is 11.3 Å². The highest BCUT2D eigenvalue weighted by Crippen LogP contribution is 2.43. The van der Waals surface area contributed by atoms with Gasteiger partial charge < -0.3 is 0 Å². The van der Waals surface area contributed by atoms with E-state index < -0.39 is 12.1 Å². The van der Waals surface area contributed by atoms with Crippen LogP contribution in [-0.4, -0.2) is 12.2 Å². The molecule has 0 spiro atoms. The van der Waals surface area contributed by atoms with Crippen LogP contribution in [0.2, 0.25) is 0 Å². The second-order valence-electron chi connectivity index (χ2n) is 7.03. The fraction of sp³-hybridized carbons (Fsp3) is 1.00. The van der Waals surface area contributed by atoms with Crippen LogP contribution in [0.5, 0.6) is 0 Å². The first kappa shape index (κ1) is 17.1. The SMILES string of the molecule is CCC1CCC(C(NN)C2CCC(C(F)(F)F)CC2)CC1. The Kier molecular flexibility index (Phi) is 5.95. The third-order valence-corrected chi connectivity index (χ3v) is 5.91. The van der Waals surface area contributed by atoms with E-state index in [0.29, 0.717) is 24.7 Å². The zero-order valence-corrected chi connectivity index (χ0v) is 13.0. The number of halogens is 3. The minimum absolute atomic E-state index is 0.206. The van der Waals surface area contributed by atoms with Crippen LogP contribution in [0.15, 0.2) is 0 Å². The highest BCUT2D eigenvalue weighted by atomic mass is 19.4. The van der Waals surface area contributed by atoms with Crippen LogP contribution >= 0.6 is 0 Å². The van der Waals surface area contributed by atoms with Crippen molar-refractivity contribution in [3.63, 3.8) is 0 Å². The molecule has 0 aliphatic heterocycles.